The van der Waals surface area contributed by atoms with Crippen molar-refractivity contribution in [3.8, 4) is 0 Å². The Morgan fingerprint density at radius 3 is 3.00 bits per heavy atom. The molecular weight excluding hydrogens is 209 g/mol. The van der Waals surface area contributed by atoms with Crippen molar-refractivity contribution >= 4 is 11.0 Å². The number of hydrogen-bond donors (Lipinski definition) is 0. The van der Waals surface area contributed by atoms with Crippen molar-refractivity contribution < 1.29 is 8.81 Å². The van der Waals surface area contributed by atoms with Crippen LogP contribution in [-0.2, 0) is 13.0 Å². The minimum Gasteiger partial charge on any atom is -0.461 e. The summed E-state index contributed by atoms with van der Waals surface area (Å²) in [5.74, 6) is 0.213. The van der Waals surface area contributed by atoms with E-state index in [0.29, 0.717) is 11.0 Å². The first kappa shape index (κ1) is 10.7. The Bertz CT molecular complexity index is 595. The normalized spacial score (nSPS) is 10.9. The van der Waals surface area contributed by atoms with E-state index in [1.54, 1.807) is 12.1 Å². The Morgan fingerprint density at radius 1 is 1.62 bits per heavy atom. The van der Waals surface area contributed by atoms with Gasteiger partial charge in [0.25, 0.3) is 5.56 Å². The third-order valence-corrected chi connectivity index (χ3v) is 2.40. The molecule has 0 fully saturated rings. The molecule has 0 N–H and O–H groups in total. The lowest BCUT2D eigenvalue weighted by Crippen LogP contribution is -2.18. The van der Waals surface area contributed by atoms with Gasteiger partial charge in [-0.05, 0) is 12.1 Å². The number of rotatable bonds is 3. The average Bonchev–Trinajstić information content (AvgIpc) is 2.65. The van der Waals surface area contributed by atoms with Crippen molar-refractivity contribution in [3.05, 3.63) is 46.8 Å². The molecule has 16 heavy (non-hydrogen) atoms. The second-order valence-electron chi connectivity index (χ2n) is 3.61. The van der Waals surface area contributed by atoms with Crippen LogP contribution in [0.15, 0.2) is 39.9 Å². The van der Waals surface area contributed by atoms with Gasteiger partial charge in [-0.1, -0.05) is 13.5 Å². The SMILES string of the molecule is C=C(F)Cn1ccc2oc(CC)cc2c1=O. The maximum atomic E-state index is 12.7. The molecule has 0 aromatic carbocycles. The van der Waals surface area contributed by atoms with Crippen LogP contribution in [0.3, 0.4) is 0 Å². The monoisotopic (exact) mass is 221 g/mol. The van der Waals surface area contributed by atoms with Crippen LogP contribution < -0.4 is 5.56 Å². The highest BCUT2D eigenvalue weighted by atomic mass is 19.1. The number of aromatic nitrogens is 1. The molecular formula is C12H12FNO2. The van der Waals surface area contributed by atoms with Crippen molar-refractivity contribution in [1.82, 2.24) is 4.57 Å². The van der Waals surface area contributed by atoms with E-state index in [2.05, 4.69) is 6.58 Å². The molecule has 0 aliphatic carbocycles. The van der Waals surface area contributed by atoms with Crippen LogP contribution in [0.5, 0.6) is 0 Å². The molecule has 2 rings (SSSR count). The lowest BCUT2D eigenvalue weighted by molar-refractivity contribution is 0.546. The predicted molar refractivity (Wildman–Crippen MR) is 60.1 cm³/mol. The van der Waals surface area contributed by atoms with E-state index in [9.17, 15) is 9.18 Å². The Labute approximate surface area is 91.8 Å². The molecule has 0 unspecified atom stereocenters. The number of hydrogen-bond acceptors (Lipinski definition) is 2. The molecule has 84 valence electrons. The predicted octanol–water partition coefficient (Wildman–Crippen LogP) is 2.64. The number of furan rings is 1. The number of allylic oxidation sites excluding steroid dienone is 1. The highest BCUT2D eigenvalue weighted by Gasteiger charge is 2.08. The molecule has 0 atom stereocenters. The van der Waals surface area contributed by atoms with Gasteiger partial charge in [0.05, 0.1) is 11.9 Å². The topological polar surface area (TPSA) is 35.1 Å². The summed E-state index contributed by atoms with van der Waals surface area (Å²) in [5, 5.41) is 0.487. The van der Waals surface area contributed by atoms with E-state index in [-0.39, 0.29) is 12.1 Å². The molecule has 2 aromatic heterocycles. The second kappa shape index (κ2) is 3.96. The number of pyridine rings is 1. The third-order valence-electron chi connectivity index (χ3n) is 2.40. The summed E-state index contributed by atoms with van der Waals surface area (Å²) in [6.45, 7) is 4.98. The fourth-order valence-electron chi connectivity index (χ4n) is 1.61. The summed E-state index contributed by atoms with van der Waals surface area (Å²) in [7, 11) is 0. The Kier molecular flexibility index (Phi) is 2.64. The maximum absolute atomic E-state index is 12.7. The number of nitrogens with zero attached hydrogens (tertiary/aromatic N) is 1. The zero-order valence-corrected chi connectivity index (χ0v) is 9.00. The van der Waals surface area contributed by atoms with Gasteiger partial charge < -0.3 is 8.98 Å². The summed E-state index contributed by atoms with van der Waals surface area (Å²) in [5.41, 5.74) is 0.294. The molecule has 3 nitrogen and oxygen atoms in total. The zero-order chi connectivity index (χ0) is 11.7. The van der Waals surface area contributed by atoms with Gasteiger partial charge in [-0.25, -0.2) is 4.39 Å². The second-order valence-corrected chi connectivity index (χ2v) is 3.61. The largest absolute Gasteiger partial charge is 0.461 e. The van der Waals surface area contributed by atoms with Crippen molar-refractivity contribution in [2.75, 3.05) is 0 Å². The molecule has 0 radical (unpaired) electrons. The number of halogens is 1. The Hall–Kier alpha value is -1.84. The Morgan fingerprint density at radius 2 is 2.38 bits per heavy atom. The molecule has 0 aliphatic heterocycles. The summed E-state index contributed by atoms with van der Waals surface area (Å²) in [6.07, 6.45) is 2.24. The molecule has 0 saturated heterocycles. The van der Waals surface area contributed by atoms with E-state index in [4.69, 9.17) is 4.42 Å². The van der Waals surface area contributed by atoms with Crippen molar-refractivity contribution in [2.24, 2.45) is 0 Å². The van der Waals surface area contributed by atoms with E-state index < -0.39 is 5.83 Å². The number of aryl methyl sites for hydroxylation is 1. The van der Waals surface area contributed by atoms with Gasteiger partial charge in [-0.3, -0.25) is 4.79 Å². The van der Waals surface area contributed by atoms with Crippen LogP contribution in [0.4, 0.5) is 4.39 Å². The van der Waals surface area contributed by atoms with Crippen LogP contribution in [0.25, 0.3) is 11.0 Å². The van der Waals surface area contributed by atoms with E-state index in [0.717, 1.165) is 12.2 Å². The molecule has 4 heteroatoms. The van der Waals surface area contributed by atoms with E-state index in [1.807, 2.05) is 6.92 Å². The first-order chi connectivity index (χ1) is 7.61. The van der Waals surface area contributed by atoms with Crippen LogP contribution >= 0.6 is 0 Å². The molecule has 0 amide bonds. The molecule has 0 bridgehead atoms. The van der Waals surface area contributed by atoms with Crippen LogP contribution in [0.1, 0.15) is 12.7 Å². The summed E-state index contributed by atoms with van der Waals surface area (Å²) < 4.78 is 19.4. The molecule has 0 aliphatic rings. The van der Waals surface area contributed by atoms with Crippen molar-refractivity contribution in [2.45, 2.75) is 19.9 Å². The van der Waals surface area contributed by atoms with Gasteiger partial charge in [0.1, 0.15) is 17.2 Å². The molecule has 0 spiro atoms. The minimum atomic E-state index is -0.541. The summed E-state index contributed by atoms with van der Waals surface area (Å²) in [6, 6.07) is 3.37. The highest BCUT2D eigenvalue weighted by Crippen LogP contribution is 2.16. The highest BCUT2D eigenvalue weighted by molar-refractivity contribution is 5.76. The van der Waals surface area contributed by atoms with E-state index in [1.165, 1.54) is 10.8 Å². The quantitative estimate of drug-likeness (QED) is 0.798. The van der Waals surface area contributed by atoms with Gasteiger partial charge in [-0.15, -0.1) is 0 Å². The fraction of sp³-hybridized carbons (Fsp3) is 0.250. The summed E-state index contributed by atoms with van der Waals surface area (Å²) >= 11 is 0. The lowest BCUT2D eigenvalue weighted by Gasteiger charge is -2.01. The van der Waals surface area contributed by atoms with Gasteiger partial charge >= 0.3 is 0 Å². The molecule has 2 aromatic rings. The number of fused-ring (bicyclic) bond motifs is 1. The van der Waals surface area contributed by atoms with Crippen LogP contribution in [0, 0.1) is 0 Å². The zero-order valence-electron chi connectivity index (χ0n) is 9.00. The maximum Gasteiger partial charge on any atom is 0.262 e. The minimum absolute atomic E-state index is 0.110. The Balaban J connectivity index is 2.59. The molecule has 0 saturated carbocycles. The molecule has 2 heterocycles. The lowest BCUT2D eigenvalue weighted by atomic mass is 10.3. The van der Waals surface area contributed by atoms with E-state index >= 15 is 0 Å². The van der Waals surface area contributed by atoms with Crippen LogP contribution in [-0.4, -0.2) is 4.57 Å². The standard InChI is InChI=1S/C12H12FNO2/c1-3-9-6-10-11(16-9)4-5-14(12(10)15)7-8(2)13/h4-6H,2-3,7H2,1H3. The van der Waals surface area contributed by atoms with Gasteiger partial charge in [0.2, 0.25) is 0 Å². The third kappa shape index (κ3) is 1.78. The van der Waals surface area contributed by atoms with Crippen molar-refractivity contribution in [3.63, 3.8) is 0 Å². The average molecular weight is 221 g/mol. The fourth-order valence-corrected chi connectivity index (χ4v) is 1.61. The van der Waals surface area contributed by atoms with Gasteiger partial charge in [0.15, 0.2) is 0 Å². The smallest absolute Gasteiger partial charge is 0.262 e. The first-order valence-electron chi connectivity index (χ1n) is 5.07. The summed E-state index contributed by atoms with van der Waals surface area (Å²) in [4.78, 5) is 11.9. The first-order valence-corrected chi connectivity index (χ1v) is 5.07. The van der Waals surface area contributed by atoms with Crippen LogP contribution in [0.2, 0.25) is 0 Å². The van der Waals surface area contributed by atoms with Crippen molar-refractivity contribution in [1.29, 1.82) is 0 Å². The van der Waals surface area contributed by atoms with Gasteiger partial charge in [0, 0.05) is 12.6 Å². The van der Waals surface area contributed by atoms with Gasteiger partial charge in [-0.2, -0.15) is 0 Å².